The summed E-state index contributed by atoms with van der Waals surface area (Å²) in [5, 5.41) is 19.2. The van der Waals surface area contributed by atoms with E-state index in [1.54, 1.807) is 0 Å². The largest absolute Gasteiger partial charge is 0.504 e. The third kappa shape index (κ3) is 2.36. The second-order valence-electron chi connectivity index (χ2n) is 5.70. The van der Waals surface area contributed by atoms with Gasteiger partial charge in [0.05, 0.1) is 28.5 Å². The molecule has 2 heterocycles. The molecule has 0 aliphatic rings. The molecule has 26 heavy (non-hydrogen) atoms. The lowest BCUT2D eigenvalue weighted by atomic mass is 10.1. The minimum atomic E-state index is -4.51. The van der Waals surface area contributed by atoms with Crippen molar-refractivity contribution in [1.29, 1.82) is 0 Å². The maximum Gasteiger partial charge on any atom is 0.416 e. The smallest absolute Gasteiger partial charge is 0.416 e. The molecule has 0 fully saturated rings. The van der Waals surface area contributed by atoms with E-state index in [1.165, 1.54) is 34.9 Å². The monoisotopic (exact) mass is 360 g/mol. The van der Waals surface area contributed by atoms with Crippen LogP contribution in [0.4, 0.5) is 19.0 Å². The van der Waals surface area contributed by atoms with Gasteiger partial charge in [0.25, 0.3) is 0 Å². The van der Waals surface area contributed by atoms with Gasteiger partial charge < -0.3 is 15.9 Å². The summed E-state index contributed by atoms with van der Waals surface area (Å²) in [4.78, 5) is 8.24. The van der Waals surface area contributed by atoms with Crippen LogP contribution in [0.25, 0.3) is 27.9 Å². The quantitative estimate of drug-likeness (QED) is 0.451. The van der Waals surface area contributed by atoms with Gasteiger partial charge in [-0.25, -0.2) is 9.97 Å². The molecular formula is C17H11F3N4O2. The molecule has 0 saturated heterocycles. The summed E-state index contributed by atoms with van der Waals surface area (Å²) in [6.45, 7) is 0. The molecule has 4 rings (SSSR count). The fraction of sp³-hybridized carbons (Fsp3) is 0.0588. The zero-order valence-electron chi connectivity index (χ0n) is 13.0. The van der Waals surface area contributed by atoms with E-state index in [0.717, 1.165) is 12.1 Å². The molecule has 0 radical (unpaired) electrons. The minimum Gasteiger partial charge on any atom is -0.504 e. The maximum atomic E-state index is 13.1. The first-order chi connectivity index (χ1) is 12.3. The molecule has 0 spiro atoms. The lowest BCUT2D eigenvalue weighted by Gasteiger charge is -2.11. The highest BCUT2D eigenvalue weighted by Crippen LogP contribution is 2.35. The zero-order valence-corrected chi connectivity index (χ0v) is 13.0. The molecule has 6 nitrogen and oxygen atoms in total. The van der Waals surface area contributed by atoms with Crippen molar-refractivity contribution in [2.45, 2.75) is 6.18 Å². The standard InChI is InChI=1S/C17H11F3N4O2/c18-17(19,20)9-2-3-10-11(6-9)24-12(7-22-16(24)15(21)23-10)8-1-4-13(25)14(26)5-8/h1-7,25-26H,(H2,21,23). The molecule has 2 aromatic heterocycles. The molecule has 0 bridgehead atoms. The Bertz CT molecular complexity index is 1170. The van der Waals surface area contributed by atoms with Crippen molar-refractivity contribution in [3.63, 3.8) is 0 Å². The molecule has 132 valence electrons. The van der Waals surface area contributed by atoms with Crippen LogP contribution in [0.1, 0.15) is 5.56 Å². The van der Waals surface area contributed by atoms with E-state index in [-0.39, 0.29) is 34.0 Å². The van der Waals surface area contributed by atoms with E-state index >= 15 is 0 Å². The molecule has 0 atom stereocenters. The molecule has 4 aromatic rings. The second-order valence-corrected chi connectivity index (χ2v) is 5.70. The summed E-state index contributed by atoms with van der Waals surface area (Å²) in [6.07, 6.45) is -3.10. The highest BCUT2D eigenvalue weighted by molar-refractivity contribution is 5.86. The van der Waals surface area contributed by atoms with Gasteiger partial charge in [0.15, 0.2) is 23.0 Å². The molecule has 0 saturated carbocycles. The van der Waals surface area contributed by atoms with Gasteiger partial charge in [0.2, 0.25) is 0 Å². The maximum absolute atomic E-state index is 13.1. The lowest BCUT2D eigenvalue weighted by molar-refractivity contribution is -0.137. The molecule has 9 heteroatoms. The molecular weight excluding hydrogens is 349 g/mol. The molecule has 4 N–H and O–H groups in total. The van der Waals surface area contributed by atoms with E-state index in [0.29, 0.717) is 11.3 Å². The molecule has 0 unspecified atom stereocenters. The first-order valence-electron chi connectivity index (χ1n) is 7.42. The summed E-state index contributed by atoms with van der Waals surface area (Å²) in [5.74, 6) is -0.612. The average molecular weight is 360 g/mol. The fourth-order valence-electron chi connectivity index (χ4n) is 2.82. The Hall–Kier alpha value is -3.49. The van der Waals surface area contributed by atoms with Crippen LogP contribution in [0.3, 0.4) is 0 Å². The number of nitrogen functional groups attached to an aromatic ring is 1. The van der Waals surface area contributed by atoms with Gasteiger partial charge in [-0.05, 0) is 36.4 Å². The number of fused-ring (bicyclic) bond motifs is 3. The highest BCUT2D eigenvalue weighted by atomic mass is 19.4. The molecule has 0 amide bonds. The van der Waals surface area contributed by atoms with Crippen molar-refractivity contribution < 1.29 is 23.4 Å². The minimum absolute atomic E-state index is 0.0616. The molecule has 0 aliphatic heterocycles. The molecule has 2 aromatic carbocycles. The summed E-state index contributed by atoms with van der Waals surface area (Å²) < 4.78 is 40.8. The van der Waals surface area contributed by atoms with Crippen molar-refractivity contribution in [3.8, 4) is 22.8 Å². The zero-order chi connectivity index (χ0) is 18.6. The lowest BCUT2D eigenvalue weighted by Crippen LogP contribution is -2.06. The van der Waals surface area contributed by atoms with Crippen LogP contribution in [-0.2, 0) is 6.18 Å². The van der Waals surface area contributed by atoms with Crippen molar-refractivity contribution >= 4 is 22.5 Å². The predicted octanol–water partition coefficient (Wildman–Crippen LogP) is 3.56. The highest BCUT2D eigenvalue weighted by Gasteiger charge is 2.31. The van der Waals surface area contributed by atoms with Crippen molar-refractivity contribution in [1.82, 2.24) is 14.4 Å². The third-order valence-corrected chi connectivity index (χ3v) is 4.05. The number of hydrogen-bond acceptors (Lipinski definition) is 5. The number of nitrogens with zero attached hydrogens (tertiary/aromatic N) is 3. The summed E-state index contributed by atoms with van der Waals surface area (Å²) in [5.41, 5.74) is 6.53. The number of halogens is 3. The van der Waals surface area contributed by atoms with Gasteiger partial charge in [0, 0.05) is 5.56 Å². The predicted molar refractivity (Wildman–Crippen MR) is 88.7 cm³/mol. The van der Waals surface area contributed by atoms with E-state index in [1.807, 2.05) is 0 Å². The number of benzene rings is 2. The number of anilines is 1. The normalized spacial score (nSPS) is 12.1. The molecule has 0 aliphatic carbocycles. The number of aromatic hydroxyl groups is 2. The number of aromatic nitrogens is 3. The van der Waals surface area contributed by atoms with Crippen LogP contribution in [0.5, 0.6) is 11.5 Å². The van der Waals surface area contributed by atoms with Gasteiger partial charge in [-0.15, -0.1) is 0 Å². The first kappa shape index (κ1) is 16.0. The van der Waals surface area contributed by atoms with Gasteiger partial charge in [-0.1, -0.05) is 0 Å². The number of phenols is 2. The Morgan fingerprint density at radius 2 is 1.77 bits per heavy atom. The number of hydrogen-bond donors (Lipinski definition) is 3. The number of nitrogens with two attached hydrogens (primary N) is 1. The van der Waals surface area contributed by atoms with Crippen molar-refractivity contribution in [2.24, 2.45) is 0 Å². The first-order valence-corrected chi connectivity index (χ1v) is 7.42. The van der Waals surface area contributed by atoms with Gasteiger partial charge in [0.1, 0.15) is 0 Å². The van der Waals surface area contributed by atoms with Crippen LogP contribution < -0.4 is 5.73 Å². The van der Waals surface area contributed by atoms with E-state index in [9.17, 15) is 23.4 Å². The van der Waals surface area contributed by atoms with Gasteiger partial charge in [-0.2, -0.15) is 13.2 Å². The Morgan fingerprint density at radius 1 is 1.00 bits per heavy atom. The van der Waals surface area contributed by atoms with Crippen LogP contribution in [-0.4, -0.2) is 24.6 Å². The Balaban J connectivity index is 2.10. The van der Waals surface area contributed by atoms with Crippen molar-refractivity contribution in [2.75, 3.05) is 5.73 Å². The van der Waals surface area contributed by atoms with Crippen LogP contribution in [0.2, 0.25) is 0 Å². The summed E-state index contributed by atoms with van der Waals surface area (Å²) >= 11 is 0. The Morgan fingerprint density at radius 3 is 2.46 bits per heavy atom. The van der Waals surface area contributed by atoms with E-state index in [4.69, 9.17) is 5.73 Å². The number of phenolic OH excluding ortho intramolecular Hbond substituents is 2. The van der Waals surface area contributed by atoms with E-state index in [2.05, 4.69) is 9.97 Å². The average Bonchev–Trinajstić information content (AvgIpc) is 3.02. The number of rotatable bonds is 1. The Labute approximate surface area is 144 Å². The topological polar surface area (TPSA) is 96.7 Å². The Kier molecular flexibility index (Phi) is 3.23. The van der Waals surface area contributed by atoms with Crippen LogP contribution in [0, 0.1) is 0 Å². The van der Waals surface area contributed by atoms with E-state index < -0.39 is 11.7 Å². The summed E-state index contributed by atoms with van der Waals surface area (Å²) in [6, 6.07) is 7.22. The van der Waals surface area contributed by atoms with Gasteiger partial charge >= 0.3 is 6.18 Å². The van der Waals surface area contributed by atoms with Crippen LogP contribution >= 0.6 is 0 Å². The second kappa shape index (κ2) is 5.25. The number of alkyl halides is 3. The number of imidazole rings is 1. The fourth-order valence-corrected chi connectivity index (χ4v) is 2.82. The summed E-state index contributed by atoms with van der Waals surface area (Å²) in [7, 11) is 0. The third-order valence-electron chi connectivity index (χ3n) is 4.05. The van der Waals surface area contributed by atoms with Gasteiger partial charge in [-0.3, -0.25) is 4.40 Å². The SMILES string of the molecule is Nc1nc2ccc(C(F)(F)F)cc2n2c(-c3ccc(O)c(O)c3)cnc12. The van der Waals surface area contributed by atoms with Crippen molar-refractivity contribution in [3.05, 3.63) is 48.2 Å². The van der Waals surface area contributed by atoms with Crippen LogP contribution in [0.15, 0.2) is 42.6 Å².